The van der Waals surface area contributed by atoms with Gasteiger partial charge in [-0.25, -0.2) is 4.68 Å². The van der Waals surface area contributed by atoms with Crippen molar-refractivity contribution in [3.8, 4) is 0 Å². The summed E-state index contributed by atoms with van der Waals surface area (Å²) in [5.74, 6) is -0.143. The molecule has 0 saturated heterocycles. The molecule has 1 aromatic heterocycles. The molecule has 0 amide bonds. The molecule has 5 nitrogen and oxygen atoms in total. The van der Waals surface area contributed by atoms with Gasteiger partial charge in [-0.1, -0.05) is 6.92 Å². The number of carbonyl (C=O) groups excluding carboxylic acids is 1. The van der Waals surface area contributed by atoms with E-state index in [1.54, 1.807) is 7.05 Å². The molecule has 5 heteroatoms. The lowest BCUT2D eigenvalue weighted by atomic mass is 10.2. The third-order valence-corrected chi connectivity index (χ3v) is 1.76. The summed E-state index contributed by atoms with van der Waals surface area (Å²) in [7, 11) is 1.81. The molecule has 1 unspecified atom stereocenters. The molecule has 0 aliphatic carbocycles. The number of nitrogens with one attached hydrogen (secondary N) is 1. The maximum absolute atomic E-state index is 11.6. The summed E-state index contributed by atoms with van der Waals surface area (Å²) in [4.78, 5) is 11.6. The fraction of sp³-hybridized carbons (Fsp3) is 0.500. The third kappa shape index (κ3) is 2.29. The average Bonchev–Trinajstić information content (AvgIpc) is 2.51. The van der Waals surface area contributed by atoms with Crippen molar-refractivity contribution >= 4 is 11.6 Å². The number of anilines is 1. The van der Waals surface area contributed by atoms with E-state index in [0.717, 1.165) is 0 Å². The maximum atomic E-state index is 11.6. The van der Waals surface area contributed by atoms with Gasteiger partial charge in [-0.3, -0.25) is 4.79 Å². The molecule has 1 aromatic rings. The van der Waals surface area contributed by atoms with Crippen molar-refractivity contribution < 1.29 is 4.79 Å². The number of hydrogen-bond donors (Lipinski definition) is 2. The maximum Gasteiger partial charge on any atom is 0.251 e. The van der Waals surface area contributed by atoms with Crippen molar-refractivity contribution in [3.05, 3.63) is 12.4 Å². The Balaban J connectivity index is 2.67. The zero-order valence-corrected chi connectivity index (χ0v) is 7.82. The number of carbonyl (C=O) groups is 1. The normalized spacial score (nSPS) is 12.8. The topological polar surface area (TPSA) is 72.9 Å². The third-order valence-electron chi connectivity index (χ3n) is 1.76. The fourth-order valence-corrected chi connectivity index (χ4v) is 1.08. The van der Waals surface area contributed by atoms with Crippen molar-refractivity contribution in [2.24, 2.45) is 5.92 Å². The van der Waals surface area contributed by atoms with Gasteiger partial charge in [-0.2, -0.15) is 5.10 Å². The van der Waals surface area contributed by atoms with Gasteiger partial charge in [0.05, 0.1) is 18.1 Å². The second kappa shape index (κ2) is 4.04. The number of hydrogen-bond acceptors (Lipinski definition) is 4. The van der Waals surface area contributed by atoms with Crippen LogP contribution in [0.2, 0.25) is 0 Å². The van der Waals surface area contributed by atoms with Crippen LogP contribution in [0.3, 0.4) is 0 Å². The molecule has 1 rings (SSSR count). The summed E-state index contributed by atoms with van der Waals surface area (Å²) in [5, 5.41) is 6.77. The molecule has 0 saturated carbocycles. The Labute approximate surface area is 76.9 Å². The lowest BCUT2D eigenvalue weighted by molar-refractivity contribution is 0.0828. The van der Waals surface area contributed by atoms with E-state index in [2.05, 4.69) is 10.4 Å². The number of nitrogen functional groups attached to an aromatic ring is 1. The summed E-state index contributed by atoms with van der Waals surface area (Å²) in [6, 6.07) is 0. The Morgan fingerprint density at radius 3 is 3.00 bits per heavy atom. The van der Waals surface area contributed by atoms with E-state index in [0.29, 0.717) is 12.2 Å². The Morgan fingerprint density at radius 1 is 1.85 bits per heavy atom. The first-order chi connectivity index (χ1) is 6.15. The molecule has 0 aromatic carbocycles. The van der Waals surface area contributed by atoms with Gasteiger partial charge in [0.25, 0.3) is 5.91 Å². The first-order valence-electron chi connectivity index (χ1n) is 4.14. The lowest BCUT2D eigenvalue weighted by Gasteiger charge is -2.08. The zero-order chi connectivity index (χ0) is 9.84. The number of nitrogens with two attached hydrogens (primary N) is 1. The molecule has 13 heavy (non-hydrogen) atoms. The minimum atomic E-state index is -0.0932. The summed E-state index contributed by atoms with van der Waals surface area (Å²) in [5.41, 5.74) is 5.94. The molecule has 0 fully saturated rings. The minimum absolute atomic E-state index is 0.0500. The fourth-order valence-electron chi connectivity index (χ4n) is 1.08. The van der Waals surface area contributed by atoms with Gasteiger partial charge in [0.1, 0.15) is 0 Å². The predicted octanol–water partition coefficient (Wildman–Crippen LogP) is -0.0390. The van der Waals surface area contributed by atoms with Crippen LogP contribution in [0.1, 0.15) is 11.7 Å². The van der Waals surface area contributed by atoms with E-state index in [1.165, 1.54) is 17.1 Å². The minimum Gasteiger partial charge on any atom is -0.396 e. The molecule has 3 N–H and O–H groups in total. The number of nitrogens with zero attached hydrogens (tertiary/aromatic N) is 2. The van der Waals surface area contributed by atoms with Crippen LogP contribution in [0.5, 0.6) is 0 Å². The first-order valence-corrected chi connectivity index (χ1v) is 4.14. The molecule has 0 bridgehead atoms. The monoisotopic (exact) mass is 182 g/mol. The summed E-state index contributed by atoms with van der Waals surface area (Å²) in [6.45, 7) is 2.48. The van der Waals surface area contributed by atoms with Crippen LogP contribution in [-0.2, 0) is 0 Å². The van der Waals surface area contributed by atoms with Gasteiger partial charge in [0, 0.05) is 12.5 Å². The smallest absolute Gasteiger partial charge is 0.251 e. The van der Waals surface area contributed by atoms with E-state index in [4.69, 9.17) is 5.73 Å². The predicted molar refractivity (Wildman–Crippen MR) is 50.4 cm³/mol. The van der Waals surface area contributed by atoms with Crippen molar-refractivity contribution in [1.82, 2.24) is 15.1 Å². The van der Waals surface area contributed by atoms with Gasteiger partial charge in [0.2, 0.25) is 0 Å². The van der Waals surface area contributed by atoms with E-state index in [1.807, 2.05) is 6.92 Å². The molecule has 0 radical (unpaired) electrons. The van der Waals surface area contributed by atoms with Crippen molar-refractivity contribution in [2.75, 3.05) is 19.3 Å². The number of aromatic nitrogens is 2. The Hall–Kier alpha value is -1.36. The second-order valence-corrected chi connectivity index (χ2v) is 3.02. The Bertz CT molecular complexity index is 294. The van der Waals surface area contributed by atoms with Crippen molar-refractivity contribution in [2.45, 2.75) is 6.92 Å². The highest BCUT2D eigenvalue weighted by molar-refractivity contribution is 5.80. The highest BCUT2D eigenvalue weighted by Gasteiger charge is 2.14. The largest absolute Gasteiger partial charge is 0.396 e. The summed E-state index contributed by atoms with van der Waals surface area (Å²) in [6.07, 6.45) is 2.98. The van der Waals surface area contributed by atoms with Crippen LogP contribution in [0.4, 0.5) is 5.69 Å². The number of rotatable bonds is 3. The molecular weight excluding hydrogens is 168 g/mol. The molecule has 0 spiro atoms. The molecular formula is C8H14N4O. The molecule has 1 atom stereocenters. The SMILES string of the molecule is CNCC(C)C(=O)n1cc(N)cn1. The first kappa shape index (κ1) is 9.73. The zero-order valence-electron chi connectivity index (χ0n) is 7.82. The van der Waals surface area contributed by atoms with E-state index < -0.39 is 0 Å². The van der Waals surface area contributed by atoms with Gasteiger partial charge in [-0.15, -0.1) is 0 Å². The molecule has 72 valence electrons. The average molecular weight is 182 g/mol. The van der Waals surface area contributed by atoms with Gasteiger partial charge < -0.3 is 11.1 Å². The van der Waals surface area contributed by atoms with Crippen LogP contribution >= 0.6 is 0 Å². The van der Waals surface area contributed by atoms with Crippen LogP contribution in [0.25, 0.3) is 0 Å². The van der Waals surface area contributed by atoms with Crippen molar-refractivity contribution in [3.63, 3.8) is 0 Å². The van der Waals surface area contributed by atoms with Crippen LogP contribution in [0.15, 0.2) is 12.4 Å². The summed E-state index contributed by atoms with van der Waals surface area (Å²) >= 11 is 0. The van der Waals surface area contributed by atoms with Crippen LogP contribution in [-0.4, -0.2) is 29.3 Å². The highest BCUT2D eigenvalue weighted by Crippen LogP contribution is 2.02. The highest BCUT2D eigenvalue weighted by atomic mass is 16.2. The Kier molecular flexibility index (Phi) is 3.02. The molecule has 1 heterocycles. The standard InChI is InChI=1S/C8H14N4O/c1-6(3-10-2)8(13)12-5-7(9)4-11-12/h4-6,10H,3,9H2,1-2H3. The van der Waals surface area contributed by atoms with Gasteiger partial charge >= 0.3 is 0 Å². The van der Waals surface area contributed by atoms with Crippen LogP contribution in [0, 0.1) is 5.92 Å². The van der Waals surface area contributed by atoms with Gasteiger partial charge in [0.15, 0.2) is 0 Å². The van der Waals surface area contributed by atoms with Gasteiger partial charge in [-0.05, 0) is 7.05 Å². The van der Waals surface area contributed by atoms with Crippen molar-refractivity contribution in [1.29, 1.82) is 0 Å². The lowest BCUT2D eigenvalue weighted by Crippen LogP contribution is -2.28. The Morgan fingerprint density at radius 2 is 2.54 bits per heavy atom. The van der Waals surface area contributed by atoms with E-state index in [-0.39, 0.29) is 11.8 Å². The van der Waals surface area contributed by atoms with Crippen LogP contribution < -0.4 is 11.1 Å². The van der Waals surface area contributed by atoms with E-state index >= 15 is 0 Å². The quantitative estimate of drug-likeness (QED) is 0.688. The summed E-state index contributed by atoms with van der Waals surface area (Å²) < 4.78 is 1.28. The van der Waals surface area contributed by atoms with E-state index in [9.17, 15) is 4.79 Å². The molecule has 0 aliphatic heterocycles. The molecule has 0 aliphatic rings. The second-order valence-electron chi connectivity index (χ2n) is 3.02.